The maximum atomic E-state index is 11.5. The molecule has 1 aliphatic rings. The van der Waals surface area contributed by atoms with Gasteiger partial charge in [0.25, 0.3) is 11.8 Å². The van der Waals surface area contributed by atoms with Gasteiger partial charge < -0.3 is 19.9 Å². The second-order valence-electron chi connectivity index (χ2n) is 4.32. The normalized spacial score (nSPS) is 13.7. The lowest BCUT2D eigenvalue weighted by molar-refractivity contribution is -0.143. The Bertz CT molecular complexity index is 443. The van der Waals surface area contributed by atoms with E-state index >= 15 is 0 Å². The molecular weight excluding hydrogens is 296 g/mol. The largest absolute Gasteiger partial charge is 0.480 e. The SMILES string of the molecule is O=C(O)COCCOCCNC(=O)CCN1C(=O)C=CC1=O. The van der Waals surface area contributed by atoms with Gasteiger partial charge in [-0.05, 0) is 0 Å². The van der Waals surface area contributed by atoms with E-state index in [9.17, 15) is 19.2 Å². The molecule has 0 aromatic rings. The topological polar surface area (TPSA) is 122 Å². The average Bonchev–Trinajstić information content (AvgIpc) is 2.78. The van der Waals surface area contributed by atoms with Gasteiger partial charge in [-0.15, -0.1) is 0 Å². The minimum Gasteiger partial charge on any atom is -0.480 e. The first-order chi connectivity index (χ1) is 10.5. The lowest BCUT2D eigenvalue weighted by Gasteiger charge is -2.13. The molecule has 0 aromatic carbocycles. The third-order valence-corrected chi connectivity index (χ3v) is 2.63. The molecule has 1 rings (SSSR count). The average molecular weight is 314 g/mol. The minimum atomic E-state index is -1.04. The number of carbonyl (C=O) groups excluding carboxylic acids is 3. The summed E-state index contributed by atoms with van der Waals surface area (Å²) >= 11 is 0. The maximum Gasteiger partial charge on any atom is 0.329 e. The number of ether oxygens (including phenoxy) is 2. The first-order valence-electron chi connectivity index (χ1n) is 6.68. The second-order valence-corrected chi connectivity index (χ2v) is 4.32. The highest BCUT2D eigenvalue weighted by Crippen LogP contribution is 2.03. The Hall–Kier alpha value is -2.26. The van der Waals surface area contributed by atoms with Crippen molar-refractivity contribution in [1.82, 2.24) is 10.2 Å². The van der Waals surface area contributed by atoms with Gasteiger partial charge in [-0.2, -0.15) is 0 Å². The molecule has 1 heterocycles. The van der Waals surface area contributed by atoms with E-state index in [1.165, 1.54) is 12.2 Å². The summed E-state index contributed by atoms with van der Waals surface area (Å²) in [5.41, 5.74) is 0. The van der Waals surface area contributed by atoms with E-state index in [0.29, 0.717) is 0 Å². The number of imide groups is 1. The maximum absolute atomic E-state index is 11.5. The van der Waals surface area contributed by atoms with Crippen molar-refractivity contribution in [3.05, 3.63) is 12.2 Å². The molecule has 9 heteroatoms. The number of rotatable bonds is 11. The van der Waals surface area contributed by atoms with Crippen LogP contribution in [0.4, 0.5) is 0 Å². The van der Waals surface area contributed by atoms with Crippen LogP contribution in [0.2, 0.25) is 0 Å². The van der Waals surface area contributed by atoms with E-state index in [0.717, 1.165) is 4.90 Å². The summed E-state index contributed by atoms with van der Waals surface area (Å²) in [6.45, 7) is 0.588. The van der Waals surface area contributed by atoms with Gasteiger partial charge >= 0.3 is 5.97 Å². The number of carboxylic acid groups (broad SMARTS) is 1. The zero-order valence-electron chi connectivity index (χ0n) is 11.9. The van der Waals surface area contributed by atoms with Crippen molar-refractivity contribution in [2.24, 2.45) is 0 Å². The highest BCUT2D eigenvalue weighted by molar-refractivity contribution is 6.13. The fraction of sp³-hybridized carbons (Fsp3) is 0.538. The Morgan fingerprint density at radius 1 is 1.09 bits per heavy atom. The summed E-state index contributed by atoms with van der Waals surface area (Å²) in [5, 5.41) is 10.9. The van der Waals surface area contributed by atoms with E-state index in [4.69, 9.17) is 14.6 Å². The van der Waals surface area contributed by atoms with Gasteiger partial charge in [0.15, 0.2) is 0 Å². The molecule has 0 atom stereocenters. The Kier molecular flexibility index (Phi) is 7.79. The summed E-state index contributed by atoms with van der Waals surface area (Å²) in [4.78, 5) is 45.1. The number of carboxylic acids is 1. The van der Waals surface area contributed by atoms with Crippen molar-refractivity contribution < 1.29 is 33.8 Å². The van der Waals surface area contributed by atoms with Gasteiger partial charge in [-0.1, -0.05) is 0 Å². The first kappa shape index (κ1) is 17.8. The number of hydrogen-bond acceptors (Lipinski definition) is 6. The van der Waals surface area contributed by atoms with Crippen molar-refractivity contribution >= 4 is 23.7 Å². The molecule has 0 fully saturated rings. The van der Waals surface area contributed by atoms with Crippen molar-refractivity contribution in [2.45, 2.75) is 6.42 Å². The quantitative estimate of drug-likeness (QED) is 0.353. The highest BCUT2D eigenvalue weighted by Gasteiger charge is 2.23. The van der Waals surface area contributed by atoms with Gasteiger partial charge in [0.2, 0.25) is 5.91 Å². The van der Waals surface area contributed by atoms with Crippen molar-refractivity contribution in [3.8, 4) is 0 Å². The number of amides is 3. The number of nitrogens with one attached hydrogen (secondary N) is 1. The van der Waals surface area contributed by atoms with Crippen LogP contribution in [0.5, 0.6) is 0 Å². The zero-order chi connectivity index (χ0) is 16.4. The molecule has 9 nitrogen and oxygen atoms in total. The monoisotopic (exact) mass is 314 g/mol. The van der Waals surface area contributed by atoms with Gasteiger partial charge in [-0.25, -0.2) is 4.79 Å². The fourth-order valence-electron chi connectivity index (χ4n) is 1.60. The van der Waals surface area contributed by atoms with E-state index in [1.54, 1.807) is 0 Å². The molecule has 0 spiro atoms. The molecule has 0 radical (unpaired) electrons. The van der Waals surface area contributed by atoms with Crippen LogP contribution in [0.25, 0.3) is 0 Å². The van der Waals surface area contributed by atoms with E-state index in [1.807, 2.05) is 0 Å². The molecule has 0 saturated heterocycles. The molecule has 0 aromatic heterocycles. The van der Waals surface area contributed by atoms with Crippen LogP contribution in [0, 0.1) is 0 Å². The molecule has 3 amide bonds. The van der Waals surface area contributed by atoms with E-state index in [2.05, 4.69) is 5.32 Å². The Morgan fingerprint density at radius 3 is 2.36 bits per heavy atom. The lowest BCUT2D eigenvalue weighted by Crippen LogP contribution is -2.35. The fourth-order valence-corrected chi connectivity index (χ4v) is 1.60. The molecule has 0 bridgehead atoms. The first-order valence-corrected chi connectivity index (χ1v) is 6.68. The van der Waals surface area contributed by atoms with Gasteiger partial charge in [0.05, 0.1) is 19.8 Å². The zero-order valence-corrected chi connectivity index (χ0v) is 11.9. The van der Waals surface area contributed by atoms with Crippen molar-refractivity contribution in [1.29, 1.82) is 0 Å². The third kappa shape index (κ3) is 6.95. The van der Waals surface area contributed by atoms with Crippen LogP contribution in [0.15, 0.2) is 12.2 Å². The highest BCUT2D eigenvalue weighted by atomic mass is 16.5. The van der Waals surface area contributed by atoms with Crippen molar-refractivity contribution in [3.63, 3.8) is 0 Å². The molecule has 0 unspecified atom stereocenters. The Balaban J connectivity index is 1.97. The van der Waals surface area contributed by atoms with Gasteiger partial charge in [0.1, 0.15) is 6.61 Å². The number of carbonyl (C=O) groups is 4. The Labute approximate surface area is 126 Å². The molecule has 2 N–H and O–H groups in total. The molecule has 0 saturated carbocycles. The van der Waals surface area contributed by atoms with Crippen LogP contribution in [-0.4, -0.2) is 73.2 Å². The summed E-state index contributed by atoms with van der Waals surface area (Å²) in [6.07, 6.45) is 2.36. The molecule has 1 aliphatic heterocycles. The van der Waals surface area contributed by atoms with Crippen LogP contribution in [0.1, 0.15) is 6.42 Å². The molecule has 22 heavy (non-hydrogen) atoms. The van der Waals surface area contributed by atoms with Crippen LogP contribution < -0.4 is 5.32 Å². The predicted molar refractivity (Wildman–Crippen MR) is 72.8 cm³/mol. The van der Waals surface area contributed by atoms with Crippen molar-refractivity contribution in [2.75, 3.05) is 39.5 Å². The Morgan fingerprint density at radius 2 is 1.73 bits per heavy atom. The predicted octanol–water partition coefficient (Wildman–Crippen LogP) is -1.46. The van der Waals surface area contributed by atoms with E-state index in [-0.39, 0.29) is 51.8 Å². The van der Waals surface area contributed by atoms with Gasteiger partial charge in [0, 0.05) is 31.7 Å². The number of hydrogen-bond donors (Lipinski definition) is 2. The number of nitrogens with zero attached hydrogens (tertiary/aromatic N) is 1. The van der Waals surface area contributed by atoms with Gasteiger partial charge in [-0.3, -0.25) is 19.3 Å². The molecule has 122 valence electrons. The summed E-state index contributed by atoms with van der Waals surface area (Å²) in [5.74, 6) is -2.17. The molecule has 0 aliphatic carbocycles. The standard InChI is InChI=1S/C13H18N2O7/c16-10(3-5-15-11(17)1-2-12(15)18)14-4-6-21-7-8-22-9-13(19)20/h1-2H,3-9H2,(H,14,16)(H,19,20). The smallest absolute Gasteiger partial charge is 0.329 e. The third-order valence-electron chi connectivity index (χ3n) is 2.63. The summed E-state index contributed by atoms with van der Waals surface area (Å²) < 4.78 is 9.87. The van der Waals surface area contributed by atoms with Crippen LogP contribution in [0.3, 0.4) is 0 Å². The lowest BCUT2D eigenvalue weighted by atomic mass is 10.3. The minimum absolute atomic E-state index is 0.0287. The van der Waals surface area contributed by atoms with Crippen LogP contribution >= 0.6 is 0 Å². The summed E-state index contributed by atoms with van der Waals surface area (Å²) in [6, 6.07) is 0. The van der Waals surface area contributed by atoms with E-state index < -0.39 is 17.8 Å². The summed E-state index contributed by atoms with van der Waals surface area (Å²) in [7, 11) is 0. The number of aliphatic carboxylic acids is 1. The second kappa shape index (κ2) is 9.64. The molecular formula is C13H18N2O7. The van der Waals surface area contributed by atoms with Crippen LogP contribution in [-0.2, 0) is 28.7 Å².